The van der Waals surface area contributed by atoms with Gasteiger partial charge in [-0.05, 0) is 50.0 Å². The molecule has 6 heteroatoms. The van der Waals surface area contributed by atoms with Crippen LogP contribution >= 0.6 is 22.7 Å². The molecule has 0 unspecified atom stereocenters. The lowest BCUT2D eigenvalue weighted by Gasteiger charge is -2.42. The van der Waals surface area contributed by atoms with Gasteiger partial charge in [-0.15, -0.1) is 22.7 Å². The number of hydrogen-bond acceptors (Lipinski definition) is 6. The fourth-order valence-electron chi connectivity index (χ4n) is 4.33. The Balaban J connectivity index is 1.23. The molecular weight excluding hydrogens is 364 g/mol. The first-order valence-corrected chi connectivity index (χ1v) is 11.4. The van der Waals surface area contributed by atoms with Gasteiger partial charge in [0, 0.05) is 43.1 Å². The normalized spacial score (nSPS) is 23.0. The highest BCUT2D eigenvalue weighted by Crippen LogP contribution is 2.42. The number of rotatable bonds is 7. The SMILES string of the molecule is Cc1nc(COCC[C@H]2CCOC23CCN(Cc2cccs2)CC3)cs1. The molecule has 2 fully saturated rings. The molecule has 4 rings (SSSR count). The molecule has 0 saturated carbocycles. The number of hydrogen-bond donors (Lipinski definition) is 0. The topological polar surface area (TPSA) is 34.6 Å². The van der Waals surface area contributed by atoms with Gasteiger partial charge in [-0.1, -0.05) is 6.07 Å². The molecule has 1 atom stereocenters. The Hall–Kier alpha value is -0.790. The molecule has 2 saturated heterocycles. The number of piperidine rings is 1. The number of nitrogens with zero attached hydrogens (tertiary/aromatic N) is 2. The monoisotopic (exact) mass is 392 g/mol. The van der Waals surface area contributed by atoms with Crippen molar-refractivity contribution in [2.75, 3.05) is 26.3 Å². The van der Waals surface area contributed by atoms with Gasteiger partial charge in [-0.3, -0.25) is 4.90 Å². The summed E-state index contributed by atoms with van der Waals surface area (Å²) in [5.74, 6) is 0.642. The first-order chi connectivity index (χ1) is 12.7. The molecule has 4 heterocycles. The number of aromatic nitrogens is 1. The van der Waals surface area contributed by atoms with Crippen LogP contribution < -0.4 is 0 Å². The molecule has 0 bridgehead atoms. The maximum absolute atomic E-state index is 6.31. The minimum absolute atomic E-state index is 0.104. The maximum atomic E-state index is 6.31. The first kappa shape index (κ1) is 18.6. The highest BCUT2D eigenvalue weighted by Gasteiger charge is 2.45. The highest BCUT2D eigenvalue weighted by atomic mass is 32.1. The lowest BCUT2D eigenvalue weighted by atomic mass is 9.78. The zero-order chi connectivity index (χ0) is 17.8. The quantitative estimate of drug-likeness (QED) is 0.650. The average Bonchev–Trinajstić information content (AvgIpc) is 3.37. The van der Waals surface area contributed by atoms with Crippen LogP contribution in [0.25, 0.3) is 0 Å². The van der Waals surface area contributed by atoms with Crippen molar-refractivity contribution in [3.8, 4) is 0 Å². The van der Waals surface area contributed by atoms with Gasteiger partial charge in [0.2, 0.25) is 0 Å². The van der Waals surface area contributed by atoms with E-state index in [1.165, 1.54) is 11.3 Å². The molecule has 4 nitrogen and oxygen atoms in total. The van der Waals surface area contributed by atoms with Crippen LogP contribution in [0.4, 0.5) is 0 Å². The van der Waals surface area contributed by atoms with E-state index >= 15 is 0 Å². The third kappa shape index (κ3) is 4.37. The Morgan fingerprint density at radius 1 is 1.35 bits per heavy atom. The molecule has 142 valence electrons. The molecule has 2 aliphatic rings. The average molecular weight is 393 g/mol. The van der Waals surface area contributed by atoms with Crippen molar-refractivity contribution in [1.82, 2.24) is 9.88 Å². The van der Waals surface area contributed by atoms with E-state index in [0.717, 1.165) is 62.8 Å². The summed E-state index contributed by atoms with van der Waals surface area (Å²) in [5, 5.41) is 5.38. The standard InChI is InChI=1S/C20H28N2O2S2/c1-16-21-18(15-26-16)14-23-10-4-17-5-11-24-20(17)6-8-22(9-7-20)13-19-3-2-12-25-19/h2-3,12,15,17H,4-11,13-14H2,1H3/t17-/m0/s1. The molecule has 0 aliphatic carbocycles. The van der Waals surface area contributed by atoms with E-state index in [1.807, 2.05) is 18.3 Å². The minimum atomic E-state index is 0.104. The summed E-state index contributed by atoms with van der Waals surface area (Å²) < 4.78 is 12.2. The van der Waals surface area contributed by atoms with Gasteiger partial charge < -0.3 is 9.47 Å². The molecule has 2 aromatic rings. The van der Waals surface area contributed by atoms with Crippen molar-refractivity contribution in [2.45, 2.75) is 51.4 Å². The summed E-state index contributed by atoms with van der Waals surface area (Å²) >= 11 is 3.55. The van der Waals surface area contributed by atoms with Crippen molar-refractivity contribution >= 4 is 22.7 Å². The van der Waals surface area contributed by atoms with Gasteiger partial charge in [0.15, 0.2) is 0 Å². The molecule has 0 radical (unpaired) electrons. The Morgan fingerprint density at radius 2 is 2.23 bits per heavy atom. The second kappa shape index (κ2) is 8.48. The molecule has 2 aromatic heterocycles. The van der Waals surface area contributed by atoms with Crippen LogP contribution in [0.5, 0.6) is 0 Å². The fourth-order valence-corrected chi connectivity index (χ4v) is 5.68. The van der Waals surface area contributed by atoms with E-state index in [2.05, 4.69) is 32.8 Å². The summed E-state index contributed by atoms with van der Waals surface area (Å²) in [7, 11) is 0. The van der Waals surface area contributed by atoms with Crippen molar-refractivity contribution in [3.63, 3.8) is 0 Å². The number of thiazole rings is 1. The van der Waals surface area contributed by atoms with Crippen LogP contribution in [0.2, 0.25) is 0 Å². The van der Waals surface area contributed by atoms with Crippen LogP contribution in [0.15, 0.2) is 22.9 Å². The Bertz CT molecular complexity index is 678. The second-order valence-electron chi connectivity index (χ2n) is 7.45. The lowest BCUT2D eigenvalue weighted by Crippen LogP contribution is -2.47. The zero-order valence-corrected chi connectivity index (χ0v) is 17.1. The van der Waals surface area contributed by atoms with Crippen LogP contribution in [0.1, 0.15) is 41.3 Å². The third-order valence-electron chi connectivity index (χ3n) is 5.79. The predicted octanol–water partition coefficient (Wildman–Crippen LogP) is 4.49. The van der Waals surface area contributed by atoms with Crippen LogP contribution in [0, 0.1) is 12.8 Å². The van der Waals surface area contributed by atoms with E-state index in [9.17, 15) is 0 Å². The van der Waals surface area contributed by atoms with Gasteiger partial charge >= 0.3 is 0 Å². The zero-order valence-electron chi connectivity index (χ0n) is 15.5. The first-order valence-electron chi connectivity index (χ1n) is 9.61. The van der Waals surface area contributed by atoms with Crippen molar-refractivity contribution in [3.05, 3.63) is 38.5 Å². The van der Waals surface area contributed by atoms with Crippen LogP contribution in [0.3, 0.4) is 0 Å². The minimum Gasteiger partial charge on any atom is -0.375 e. The summed E-state index contributed by atoms with van der Waals surface area (Å²) in [6.07, 6.45) is 4.61. The van der Waals surface area contributed by atoms with Crippen LogP contribution in [-0.2, 0) is 22.6 Å². The van der Waals surface area contributed by atoms with Gasteiger partial charge in [-0.2, -0.15) is 0 Å². The van der Waals surface area contributed by atoms with Crippen molar-refractivity contribution in [2.24, 2.45) is 5.92 Å². The summed E-state index contributed by atoms with van der Waals surface area (Å²) in [6, 6.07) is 4.39. The fraction of sp³-hybridized carbons (Fsp3) is 0.650. The largest absolute Gasteiger partial charge is 0.375 e. The number of aryl methyl sites for hydroxylation is 1. The number of thiophene rings is 1. The predicted molar refractivity (Wildman–Crippen MR) is 107 cm³/mol. The molecule has 0 aromatic carbocycles. The van der Waals surface area contributed by atoms with E-state index in [1.54, 1.807) is 11.3 Å². The number of ether oxygens (including phenoxy) is 2. The van der Waals surface area contributed by atoms with Crippen LogP contribution in [-0.4, -0.2) is 41.8 Å². The molecule has 0 N–H and O–H groups in total. The molecular formula is C20H28N2O2S2. The molecule has 0 amide bonds. The summed E-state index contributed by atoms with van der Waals surface area (Å²) in [6.45, 7) is 7.79. The second-order valence-corrected chi connectivity index (χ2v) is 9.55. The number of likely N-dealkylation sites (tertiary alicyclic amines) is 1. The highest BCUT2D eigenvalue weighted by molar-refractivity contribution is 7.10. The van der Waals surface area contributed by atoms with Gasteiger partial charge in [0.1, 0.15) is 0 Å². The van der Waals surface area contributed by atoms with Crippen molar-refractivity contribution < 1.29 is 9.47 Å². The van der Waals surface area contributed by atoms with Gasteiger partial charge in [0.25, 0.3) is 0 Å². The summed E-state index contributed by atoms with van der Waals surface area (Å²) in [4.78, 5) is 8.51. The van der Waals surface area contributed by atoms with Gasteiger partial charge in [-0.25, -0.2) is 4.98 Å². The van der Waals surface area contributed by atoms with Crippen molar-refractivity contribution in [1.29, 1.82) is 0 Å². The Morgan fingerprint density at radius 3 is 2.96 bits per heavy atom. The van der Waals surface area contributed by atoms with E-state index in [4.69, 9.17) is 9.47 Å². The third-order valence-corrected chi connectivity index (χ3v) is 7.47. The molecule has 1 spiro atoms. The van der Waals surface area contributed by atoms with E-state index < -0.39 is 0 Å². The molecule has 26 heavy (non-hydrogen) atoms. The Kier molecular flexibility index (Phi) is 6.06. The summed E-state index contributed by atoms with van der Waals surface area (Å²) in [5.41, 5.74) is 1.17. The smallest absolute Gasteiger partial charge is 0.0898 e. The van der Waals surface area contributed by atoms with Gasteiger partial charge in [0.05, 0.1) is 22.9 Å². The van der Waals surface area contributed by atoms with E-state index in [0.29, 0.717) is 12.5 Å². The maximum Gasteiger partial charge on any atom is 0.0898 e. The Labute approximate surface area is 164 Å². The van der Waals surface area contributed by atoms with E-state index in [-0.39, 0.29) is 5.60 Å². The molecule has 2 aliphatic heterocycles. The lowest BCUT2D eigenvalue weighted by molar-refractivity contribution is -0.0732.